The lowest BCUT2D eigenvalue weighted by molar-refractivity contribution is 0.318. The van der Waals surface area contributed by atoms with Crippen LogP contribution >= 0.6 is 0 Å². The first-order valence-corrected chi connectivity index (χ1v) is 5.75. The number of nitrogens with zero attached hydrogens (tertiary/aromatic N) is 1. The SMILES string of the molecule is Cc1ccc(O)c(CC(=NO)c2ccccc2)c1. The van der Waals surface area contributed by atoms with Crippen LogP contribution in [0.4, 0.5) is 0 Å². The molecule has 0 saturated heterocycles. The Labute approximate surface area is 106 Å². The minimum Gasteiger partial charge on any atom is -0.508 e. The summed E-state index contributed by atoms with van der Waals surface area (Å²) >= 11 is 0. The van der Waals surface area contributed by atoms with E-state index in [2.05, 4.69) is 5.16 Å². The van der Waals surface area contributed by atoms with Crippen molar-refractivity contribution < 1.29 is 10.3 Å². The molecule has 0 unspecified atom stereocenters. The Morgan fingerprint density at radius 2 is 1.83 bits per heavy atom. The maximum Gasteiger partial charge on any atom is 0.119 e. The molecule has 0 aliphatic carbocycles. The fraction of sp³-hybridized carbons (Fsp3) is 0.133. The van der Waals surface area contributed by atoms with Crippen LogP contribution in [0.2, 0.25) is 0 Å². The quantitative estimate of drug-likeness (QED) is 0.493. The topological polar surface area (TPSA) is 52.8 Å². The molecule has 18 heavy (non-hydrogen) atoms. The van der Waals surface area contributed by atoms with E-state index in [0.717, 1.165) is 16.7 Å². The lowest BCUT2D eigenvalue weighted by atomic mass is 10.0. The standard InChI is InChI=1S/C15H15NO2/c1-11-7-8-15(17)13(9-11)10-14(16-18)12-5-3-2-4-6-12/h2-9,17-18H,10H2,1H3. The average molecular weight is 241 g/mol. The first kappa shape index (κ1) is 12.2. The lowest BCUT2D eigenvalue weighted by Gasteiger charge is -2.07. The minimum absolute atomic E-state index is 0.220. The highest BCUT2D eigenvalue weighted by atomic mass is 16.4. The number of oxime groups is 1. The summed E-state index contributed by atoms with van der Waals surface area (Å²) in [6, 6.07) is 14.8. The average Bonchev–Trinajstić information content (AvgIpc) is 2.41. The Kier molecular flexibility index (Phi) is 3.63. The van der Waals surface area contributed by atoms with Gasteiger partial charge in [0.2, 0.25) is 0 Å². The Balaban J connectivity index is 2.30. The molecule has 0 saturated carbocycles. The fourth-order valence-electron chi connectivity index (χ4n) is 1.86. The highest BCUT2D eigenvalue weighted by Gasteiger charge is 2.09. The van der Waals surface area contributed by atoms with Crippen LogP contribution in [-0.4, -0.2) is 16.0 Å². The summed E-state index contributed by atoms with van der Waals surface area (Å²) in [5.74, 6) is 0.220. The van der Waals surface area contributed by atoms with E-state index < -0.39 is 0 Å². The lowest BCUT2D eigenvalue weighted by Crippen LogP contribution is -2.05. The summed E-state index contributed by atoms with van der Waals surface area (Å²) < 4.78 is 0. The molecule has 3 heteroatoms. The molecule has 2 aromatic carbocycles. The maximum atomic E-state index is 9.79. The second kappa shape index (κ2) is 5.36. The minimum atomic E-state index is 0.220. The third kappa shape index (κ3) is 2.69. The number of hydrogen-bond acceptors (Lipinski definition) is 3. The molecule has 2 rings (SSSR count). The van der Waals surface area contributed by atoms with Crippen molar-refractivity contribution in [3.63, 3.8) is 0 Å². The molecule has 0 spiro atoms. The van der Waals surface area contributed by atoms with Gasteiger partial charge < -0.3 is 10.3 Å². The Morgan fingerprint density at radius 3 is 2.50 bits per heavy atom. The van der Waals surface area contributed by atoms with E-state index in [0.29, 0.717) is 12.1 Å². The van der Waals surface area contributed by atoms with Crippen molar-refractivity contribution in [2.75, 3.05) is 0 Å². The van der Waals surface area contributed by atoms with Crippen LogP contribution in [0.15, 0.2) is 53.7 Å². The van der Waals surface area contributed by atoms with Gasteiger partial charge in [-0.05, 0) is 18.6 Å². The number of phenols is 1. The molecule has 3 nitrogen and oxygen atoms in total. The van der Waals surface area contributed by atoms with E-state index in [1.807, 2.05) is 49.4 Å². The van der Waals surface area contributed by atoms with Gasteiger partial charge in [0, 0.05) is 12.0 Å². The van der Waals surface area contributed by atoms with Gasteiger partial charge in [-0.2, -0.15) is 0 Å². The molecule has 92 valence electrons. The zero-order chi connectivity index (χ0) is 13.0. The van der Waals surface area contributed by atoms with Crippen molar-refractivity contribution in [2.45, 2.75) is 13.3 Å². The summed E-state index contributed by atoms with van der Waals surface area (Å²) in [7, 11) is 0. The number of hydrogen-bond donors (Lipinski definition) is 2. The van der Waals surface area contributed by atoms with Crippen LogP contribution in [0.3, 0.4) is 0 Å². The van der Waals surface area contributed by atoms with Gasteiger partial charge in [0.05, 0.1) is 5.71 Å². The second-order valence-corrected chi connectivity index (χ2v) is 4.22. The first-order chi connectivity index (χ1) is 8.70. The number of aromatic hydroxyl groups is 1. The van der Waals surface area contributed by atoms with Crippen molar-refractivity contribution in [2.24, 2.45) is 5.16 Å². The van der Waals surface area contributed by atoms with Gasteiger partial charge >= 0.3 is 0 Å². The molecule has 0 radical (unpaired) electrons. The molecule has 2 N–H and O–H groups in total. The Morgan fingerprint density at radius 1 is 1.11 bits per heavy atom. The molecule has 0 atom stereocenters. The predicted octanol–water partition coefficient (Wildman–Crippen LogP) is 3.12. The fourth-order valence-corrected chi connectivity index (χ4v) is 1.86. The summed E-state index contributed by atoms with van der Waals surface area (Å²) in [5.41, 5.74) is 3.21. The summed E-state index contributed by atoms with van der Waals surface area (Å²) in [6.45, 7) is 1.96. The highest BCUT2D eigenvalue weighted by molar-refractivity contribution is 6.01. The molecular formula is C15H15NO2. The smallest absolute Gasteiger partial charge is 0.119 e. The van der Waals surface area contributed by atoms with Gasteiger partial charge in [-0.25, -0.2) is 0 Å². The molecule has 0 fully saturated rings. The van der Waals surface area contributed by atoms with Crippen molar-refractivity contribution in [1.29, 1.82) is 0 Å². The van der Waals surface area contributed by atoms with Crippen molar-refractivity contribution >= 4 is 5.71 Å². The predicted molar refractivity (Wildman–Crippen MR) is 71.3 cm³/mol. The van der Waals surface area contributed by atoms with Crippen molar-refractivity contribution in [3.8, 4) is 5.75 Å². The van der Waals surface area contributed by atoms with Crippen LogP contribution < -0.4 is 0 Å². The van der Waals surface area contributed by atoms with Gasteiger partial charge in [-0.3, -0.25) is 0 Å². The first-order valence-electron chi connectivity index (χ1n) is 5.75. The zero-order valence-electron chi connectivity index (χ0n) is 10.2. The number of aryl methyl sites for hydroxylation is 1. The van der Waals surface area contributed by atoms with E-state index in [9.17, 15) is 5.11 Å². The molecule has 2 aromatic rings. The Hall–Kier alpha value is -2.29. The summed E-state index contributed by atoms with van der Waals surface area (Å²) in [5, 5.41) is 22.2. The van der Waals surface area contributed by atoms with Gasteiger partial charge in [0.1, 0.15) is 5.75 Å². The van der Waals surface area contributed by atoms with E-state index in [4.69, 9.17) is 5.21 Å². The molecule has 0 aliphatic rings. The van der Waals surface area contributed by atoms with Crippen molar-refractivity contribution in [1.82, 2.24) is 0 Å². The number of rotatable bonds is 3. The van der Waals surface area contributed by atoms with E-state index in [-0.39, 0.29) is 5.75 Å². The van der Waals surface area contributed by atoms with Crippen LogP contribution in [-0.2, 0) is 6.42 Å². The maximum absolute atomic E-state index is 9.79. The van der Waals surface area contributed by atoms with Gasteiger partial charge in [-0.1, -0.05) is 53.2 Å². The van der Waals surface area contributed by atoms with Gasteiger partial charge in [0.25, 0.3) is 0 Å². The molecule has 0 bridgehead atoms. The number of phenolic OH excluding ortho intramolecular Hbond substituents is 1. The molecular weight excluding hydrogens is 226 g/mol. The van der Waals surface area contributed by atoms with E-state index in [1.165, 1.54) is 0 Å². The van der Waals surface area contributed by atoms with Crippen LogP contribution in [0.1, 0.15) is 16.7 Å². The second-order valence-electron chi connectivity index (χ2n) is 4.22. The molecule has 0 aliphatic heterocycles. The van der Waals surface area contributed by atoms with Crippen LogP contribution in [0.25, 0.3) is 0 Å². The van der Waals surface area contributed by atoms with E-state index >= 15 is 0 Å². The van der Waals surface area contributed by atoms with Gasteiger partial charge in [-0.15, -0.1) is 0 Å². The van der Waals surface area contributed by atoms with Gasteiger partial charge in [0.15, 0.2) is 0 Å². The normalized spacial score (nSPS) is 11.5. The van der Waals surface area contributed by atoms with Crippen molar-refractivity contribution in [3.05, 3.63) is 65.2 Å². The third-order valence-corrected chi connectivity index (χ3v) is 2.82. The summed E-state index contributed by atoms with van der Waals surface area (Å²) in [4.78, 5) is 0. The monoisotopic (exact) mass is 241 g/mol. The molecule has 0 aromatic heterocycles. The van der Waals surface area contributed by atoms with Crippen LogP contribution in [0.5, 0.6) is 5.75 Å². The molecule has 0 amide bonds. The Bertz CT molecular complexity index is 562. The highest BCUT2D eigenvalue weighted by Crippen LogP contribution is 2.20. The van der Waals surface area contributed by atoms with Crippen LogP contribution in [0, 0.1) is 6.92 Å². The third-order valence-electron chi connectivity index (χ3n) is 2.82. The molecule has 0 heterocycles. The largest absolute Gasteiger partial charge is 0.508 e. The zero-order valence-corrected chi connectivity index (χ0v) is 10.2. The van der Waals surface area contributed by atoms with E-state index in [1.54, 1.807) is 6.07 Å². The number of benzene rings is 2. The summed E-state index contributed by atoms with van der Waals surface area (Å²) in [6.07, 6.45) is 0.397.